The van der Waals surface area contributed by atoms with E-state index in [0.29, 0.717) is 0 Å². The minimum atomic E-state index is 0. The number of tetrazole rings is 1. The van der Waals surface area contributed by atoms with Gasteiger partial charge in [-0.3, -0.25) is 4.90 Å². The molecule has 0 saturated carbocycles. The average molecular weight is 282 g/mol. The third kappa shape index (κ3) is 4.29. The molecule has 0 fully saturated rings. The van der Waals surface area contributed by atoms with Crippen molar-refractivity contribution in [1.29, 1.82) is 0 Å². The molecule has 0 unspecified atom stereocenters. The van der Waals surface area contributed by atoms with Crippen LogP contribution in [0.2, 0.25) is 0 Å². The van der Waals surface area contributed by atoms with Gasteiger partial charge in [0.1, 0.15) is 0 Å². The maximum absolute atomic E-state index is 4.11. The molecule has 0 aliphatic heterocycles. The van der Waals surface area contributed by atoms with Gasteiger partial charge < -0.3 is 0 Å². The predicted molar refractivity (Wildman–Crippen MR) is 77.2 cm³/mol. The summed E-state index contributed by atoms with van der Waals surface area (Å²) < 4.78 is 1.87. The van der Waals surface area contributed by atoms with Crippen LogP contribution >= 0.6 is 12.4 Å². The molecule has 2 aromatic rings. The maximum Gasteiger partial charge on any atom is 0.165 e. The molecule has 1 aromatic carbocycles. The molecule has 5 nitrogen and oxygen atoms in total. The highest BCUT2D eigenvalue weighted by Crippen LogP contribution is 2.05. The van der Waals surface area contributed by atoms with Crippen molar-refractivity contribution >= 4 is 12.4 Å². The summed E-state index contributed by atoms with van der Waals surface area (Å²) >= 11 is 0. The molecule has 0 bridgehead atoms. The Hall–Kier alpha value is -1.46. The second-order valence-corrected chi connectivity index (χ2v) is 4.20. The highest BCUT2D eigenvalue weighted by molar-refractivity contribution is 5.85. The van der Waals surface area contributed by atoms with E-state index in [0.717, 1.165) is 32.0 Å². The molecule has 0 amide bonds. The van der Waals surface area contributed by atoms with Crippen LogP contribution in [0.5, 0.6) is 0 Å². The van der Waals surface area contributed by atoms with E-state index < -0.39 is 0 Å². The number of halogens is 1. The number of hydrogen-bond donors (Lipinski definition) is 0. The van der Waals surface area contributed by atoms with Crippen LogP contribution in [0.25, 0.3) is 0 Å². The number of nitrogens with zero attached hydrogens (tertiary/aromatic N) is 5. The van der Waals surface area contributed by atoms with E-state index in [1.165, 1.54) is 5.56 Å². The Morgan fingerprint density at radius 1 is 1.11 bits per heavy atom. The maximum atomic E-state index is 4.11. The van der Waals surface area contributed by atoms with Gasteiger partial charge >= 0.3 is 0 Å². The van der Waals surface area contributed by atoms with Crippen molar-refractivity contribution in [2.45, 2.75) is 26.9 Å². The van der Waals surface area contributed by atoms with Crippen molar-refractivity contribution in [3.8, 4) is 0 Å². The van der Waals surface area contributed by atoms with Crippen molar-refractivity contribution in [2.24, 2.45) is 0 Å². The van der Waals surface area contributed by atoms with Crippen molar-refractivity contribution in [1.82, 2.24) is 25.1 Å². The number of benzene rings is 1. The fourth-order valence-electron chi connectivity index (χ4n) is 1.86. The Morgan fingerprint density at radius 3 is 2.42 bits per heavy atom. The molecule has 0 atom stereocenters. The quantitative estimate of drug-likeness (QED) is 0.812. The summed E-state index contributed by atoms with van der Waals surface area (Å²) in [6.45, 7) is 7.84. The van der Waals surface area contributed by atoms with Gasteiger partial charge in [0.05, 0.1) is 13.1 Å². The second kappa shape index (κ2) is 7.86. The van der Waals surface area contributed by atoms with Crippen molar-refractivity contribution in [2.75, 3.05) is 13.1 Å². The molecular weight excluding hydrogens is 262 g/mol. The van der Waals surface area contributed by atoms with E-state index in [1.807, 2.05) is 22.9 Å². The van der Waals surface area contributed by atoms with E-state index >= 15 is 0 Å². The van der Waals surface area contributed by atoms with Crippen LogP contribution in [0.3, 0.4) is 0 Å². The van der Waals surface area contributed by atoms with Gasteiger partial charge in [-0.15, -0.1) is 17.5 Å². The Kier molecular flexibility index (Phi) is 6.45. The summed E-state index contributed by atoms with van der Waals surface area (Å²) in [6, 6.07) is 10.2. The van der Waals surface area contributed by atoms with Gasteiger partial charge in [-0.05, 0) is 29.1 Å². The summed E-state index contributed by atoms with van der Waals surface area (Å²) in [4.78, 5) is 2.30. The predicted octanol–water partition coefficient (Wildman–Crippen LogP) is 1.98. The minimum Gasteiger partial charge on any atom is -0.296 e. The van der Waals surface area contributed by atoms with Gasteiger partial charge in [0.15, 0.2) is 5.82 Å². The minimum absolute atomic E-state index is 0. The van der Waals surface area contributed by atoms with Crippen LogP contribution in [0.15, 0.2) is 30.3 Å². The van der Waals surface area contributed by atoms with Crippen LogP contribution < -0.4 is 0 Å². The molecule has 6 heteroatoms. The molecule has 0 N–H and O–H groups in total. The first-order valence-electron chi connectivity index (χ1n) is 6.34. The molecule has 1 aromatic heterocycles. The number of rotatable bonds is 6. The smallest absolute Gasteiger partial charge is 0.165 e. The molecule has 0 spiro atoms. The van der Waals surface area contributed by atoms with Crippen LogP contribution in [0, 0.1) is 0 Å². The monoisotopic (exact) mass is 281 g/mol. The molecule has 0 aliphatic carbocycles. The summed E-state index contributed by atoms with van der Waals surface area (Å²) in [7, 11) is 0. The van der Waals surface area contributed by atoms with Gasteiger partial charge in [-0.25, -0.2) is 4.68 Å². The summed E-state index contributed by atoms with van der Waals surface area (Å²) in [5.41, 5.74) is 1.21. The highest BCUT2D eigenvalue weighted by atomic mass is 35.5. The number of hydrogen-bond acceptors (Lipinski definition) is 4. The standard InChI is InChI=1S/C13H19N5.ClH/c1-3-17(4-2)11-13-14-15-16-18(13)10-12-8-6-5-7-9-12;/h5-9H,3-4,10-11H2,1-2H3;1H. The van der Waals surface area contributed by atoms with Crippen molar-refractivity contribution in [3.63, 3.8) is 0 Å². The highest BCUT2D eigenvalue weighted by Gasteiger charge is 2.09. The summed E-state index contributed by atoms with van der Waals surface area (Å²) in [5.74, 6) is 0.919. The average Bonchev–Trinajstić information content (AvgIpc) is 2.84. The zero-order valence-electron chi connectivity index (χ0n) is 11.4. The molecule has 2 rings (SSSR count). The van der Waals surface area contributed by atoms with Crippen molar-refractivity contribution < 1.29 is 0 Å². The van der Waals surface area contributed by atoms with Gasteiger partial charge in [0.25, 0.3) is 0 Å². The molecular formula is C13H20ClN5. The lowest BCUT2D eigenvalue weighted by atomic mass is 10.2. The first-order valence-corrected chi connectivity index (χ1v) is 6.34. The molecule has 104 valence electrons. The van der Waals surface area contributed by atoms with E-state index in [1.54, 1.807) is 0 Å². The zero-order valence-corrected chi connectivity index (χ0v) is 12.2. The largest absolute Gasteiger partial charge is 0.296 e. The molecule has 0 saturated heterocycles. The van der Waals surface area contributed by atoms with Crippen LogP contribution in [-0.4, -0.2) is 38.2 Å². The van der Waals surface area contributed by atoms with E-state index in [-0.39, 0.29) is 12.4 Å². The van der Waals surface area contributed by atoms with Gasteiger partial charge in [0, 0.05) is 0 Å². The normalized spacial score (nSPS) is 10.5. The topological polar surface area (TPSA) is 46.8 Å². The SMILES string of the molecule is CCN(CC)Cc1nnnn1Cc1ccccc1.Cl. The zero-order chi connectivity index (χ0) is 12.8. The third-order valence-corrected chi connectivity index (χ3v) is 3.04. The molecule has 0 aliphatic rings. The van der Waals surface area contributed by atoms with Crippen LogP contribution in [-0.2, 0) is 13.1 Å². The fraction of sp³-hybridized carbons (Fsp3) is 0.462. The van der Waals surface area contributed by atoms with E-state index in [9.17, 15) is 0 Å². The Morgan fingerprint density at radius 2 is 1.79 bits per heavy atom. The fourth-order valence-corrected chi connectivity index (χ4v) is 1.86. The van der Waals surface area contributed by atoms with Gasteiger partial charge in [0.2, 0.25) is 0 Å². The van der Waals surface area contributed by atoms with Gasteiger partial charge in [-0.2, -0.15) is 0 Å². The lowest BCUT2D eigenvalue weighted by Crippen LogP contribution is -2.24. The Balaban J connectivity index is 0.00000180. The van der Waals surface area contributed by atoms with Gasteiger partial charge in [-0.1, -0.05) is 44.2 Å². The van der Waals surface area contributed by atoms with Crippen LogP contribution in [0.4, 0.5) is 0 Å². The molecule has 0 radical (unpaired) electrons. The number of aromatic nitrogens is 4. The third-order valence-electron chi connectivity index (χ3n) is 3.04. The van der Waals surface area contributed by atoms with E-state index in [4.69, 9.17) is 0 Å². The van der Waals surface area contributed by atoms with Crippen molar-refractivity contribution in [3.05, 3.63) is 41.7 Å². The second-order valence-electron chi connectivity index (χ2n) is 4.20. The van der Waals surface area contributed by atoms with E-state index in [2.05, 4.69) is 46.4 Å². The Bertz CT molecular complexity index is 467. The first-order chi connectivity index (χ1) is 8.83. The summed E-state index contributed by atoms with van der Waals surface area (Å²) in [5, 5.41) is 11.9. The molecule has 1 heterocycles. The lowest BCUT2D eigenvalue weighted by Gasteiger charge is -2.16. The molecule has 19 heavy (non-hydrogen) atoms. The summed E-state index contributed by atoms with van der Waals surface area (Å²) in [6.07, 6.45) is 0. The first kappa shape index (κ1) is 15.6. The van der Waals surface area contributed by atoms with Crippen LogP contribution in [0.1, 0.15) is 25.2 Å². The Labute approximate surface area is 120 Å². The lowest BCUT2D eigenvalue weighted by molar-refractivity contribution is 0.282.